The number of hydrogen-bond donors (Lipinski definition) is 0. The topological polar surface area (TPSA) is 106 Å². The Morgan fingerprint density at radius 1 is 0.750 bits per heavy atom. The molecule has 0 N–H and O–H groups in total. The Labute approximate surface area is 130 Å². The molecule has 0 aromatic heterocycles. The molecule has 20 heavy (non-hydrogen) atoms. The second-order valence-corrected chi connectivity index (χ2v) is 3.75. The van der Waals surface area contributed by atoms with Crippen LogP contribution in [0.3, 0.4) is 0 Å². The number of nitrogens with zero attached hydrogens (tertiary/aromatic N) is 2. The summed E-state index contributed by atoms with van der Waals surface area (Å²) >= 11 is 1.61. The number of likely N-dealkylation sites (N-methyl/N-ethyl adjacent to an activating group) is 2. The minimum absolute atomic E-state index is 1.18. The van der Waals surface area contributed by atoms with E-state index in [0.717, 1.165) is 0 Å². The van der Waals surface area contributed by atoms with Crippen LogP contribution in [0.2, 0.25) is 0 Å². The van der Waals surface area contributed by atoms with Crippen molar-refractivity contribution in [2.45, 2.75) is 13.8 Å². The fourth-order valence-electron chi connectivity index (χ4n) is 1.22. The first-order chi connectivity index (χ1) is 9.79. The molecule has 1 saturated heterocycles. The molecule has 8 heteroatoms. The molecule has 1 heterocycles. The molecular formula is C12H14N2O5W. The number of hydrogen-bond acceptors (Lipinski definition) is 2. The van der Waals surface area contributed by atoms with E-state index in [1.54, 1.807) is 19.4 Å². The molecule has 0 aromatic carbocycles. The van der Waals surface area contributed by atoms with Crippen LogP contribution in [0.15, 0.2) is 0 Å². The first-order valence-electron chi connectivity index (χ1n) is 4.85. The van der Waals surface area contributed by atoms with E-state index in [1.807, 2.05) is 0 Å². The van der Waals surface area contributed by atoms with Gasteiger partial charge in [0.2, 0.25) is 0 Å². The standard InChI is InChI=1S/C7H14N2.5CO.W/c1-3-8-5-6-9(4-2)7-8;5*1-2;/h3-6H2,1-2H3;;;;;;. The molecule has 1 aliphatic heterocycles. The first kappa shape index (κ1) is 31.5. The normalized spacial score (nSPS) is 11.7. The predicted octanol–water partition coefficient (Wildman–Crippen LogP) is 0.0905. The maximum atomic E-state index is 7.50. The predicted molar refractivity (Wildman–Crippen MR) is 59.1 cm³/mol. The molecule has 0 aliphatic carbocycles. The van der Waals surface area contributed by atoms with Gasteiger partial charge in [0.15, 0.2) is 0 Å². The summed E-state index contributed by atoms with van der Waals surface area (Å²) in [6.45, 7) is 31.8. The van der Waals surface area contributed by atoms with E-state index in [1.165, 1.54) is 30.3 Å². The second kappa shape index (κ2) is 36.2. The molecule has 1 rings (SSSR count). The Hall–Kier alpha value is -0.822. The third kappa shape index (κ3) is 17.2. The second-order valence-electron chi connectivity index (χ2n) is 2.44. The van der Waals surface area contributed by atoms with E-state index in [-0.39, 0.29) is 0 Å². The molecule has 1 aliphatic rings. The average Bonchev–Trinajstić information content (AvgIpc) is 2.96. The van der Waals surface area contributed by atoms with Crippen molar-refractivity contribution in [1.82, 2.24) is 9.80 Å². The van der Waals surface area contributed by atoms with Crippen molar-refractivity contribution in [3.8, 4) is 0 Å². The molecular weight excluding hydrogens is 436 g/mol. The molecule has 0 unspecified atom stereocenters. The Kier molecular flexibility index (Phi) is 57.0. The van der Waals surface area contributed by atoms with Gasteiger partial charge in [-0.1, -0.05) is 0 Å². The summed E-state index contributed by atoms with van der Waals surface area (Å²) in [6, 6.07) is 0. The Balaban J connectivity index is -0.0000000639. The van der Waals surface area contributed by atoms with Gasteiger partial charge in [-0.15, -0.1) is 0 Å². The quantitative estimate of drug-likeness (QED) is 0.440. The average molecular weight is 450 g/mol. The van der Waals surface area contributed by atoms with Crippen LogP contribution in [-0.4, -0.2) is 40.1 Å². The van der Waals surface area contributed by atoms with Gasteiger partial charge in [0.05, 0.1) is 0 Å². The van der Waals surface area contributed by atoms with Gasteiger partial charge in [-0.05, 0) is 0 Å². The molecule has 0 radical (unpaired) electrons. The van der Waals surface area contributed by atoms with E-state index in [0.29, 0.717) is 0 Å². The van der Waals surface area contributed by atoms with Crippen LogP contribution < -0.4 is 0 Å². The SMILES string of the molecule is CCN1CCN(CC)[C]1=[W].[C-]#[O+].[C-]#[O+].[C-]#[O+].[C-]#[O+].[C-]#[O+]. The van der Waals surface area contributed by atoms with Crippen molar-refractivity contribution in [3.63, 3.8) is 0 Å². The summed E-state index contributed by atoms with van der Waals surface area (Å²) in [6.07, 6.45) is 0. The van der Waals surface area contributed by atoms with Crippen LogP contribution in [0.4, 0.5) is 0 Å². The van der Waals surface area contributed by atoms with Crippen LogP contribution in [0.1, 0.15) is 13.8 Å². The molecule has 0 spiro atoms. The van der Waals surface area contributed by atoms with E-state index < -0.39 is 0 Å². The van der Waals surface area contributed by atoms with E-state index in [9.17, 15) is 0 Å². The summed E-state index contributed by atoms with van der Waals surface area (Å²) in [5, 5.41) is 0. The summed E-state index contributed by atoms with van der Waals surface area (Å²) in [4.78, 5) is 4.91. The fraction of sp³-hybridized carbons (Fsp3) is 0.500. The molecule has 1 fully saturated rings. The molecule has 108 valence electrons. The van der Waals surface area contributed by atoms with Crippen molar-refractivity contribution in [1.29, 1.82) is 0 Å². The maximum absolute atomic E-state index is 7.50. The van der Waals surface area contributed by atoms with Crippen LogP contribution in [0.25, 0.3) is 0 Å². The zero-order chi connectivity index (χ0) is 17.6. The molecule has 0 atom stereocenters. The molecule has 0 aromatic rings. The van der Waals surface area contributed by atoms with Gasteiger partial charge in [-0.3, -0.25) is 0 Å². The van der Waals surface area contributed by atoms with Gasteiger partial charge in [0, 0.05) is 0 Å². The summed E-state index contributed by atoms with van der Waals surface area (Å²) in [5.74, 6) is 0. The van der Waals surface area contributed by atoms with Crippen molar-refractivity contribution >= 4 is 4.15 Å². The van der Waals surface area contributed by atoms with Crippen LogP contribution in [0.5, 0.6) is 0 Å². The van der Waals surface area contributed by atoms with E-state index in [4.69, 9.17) is 23.3 Å². The molecule has 0 saturated carbocycles. The van der Waals surface area contributed by atoms with Gasteiger partial charge in [0.25, 0.3) is 0 Å². The first-order valence-corrected chi connectivity index (χ1v) is 6.32. The minimum atomic E-state index is 1.18. The molecule has 0 bridgehead atoms. The molecule has 7 nitrogen and oxygen atoms in total. The van der Waals surface area contributed by atoms with E-state index >= 15 is 0 Å². The van der Waals surface area contributed by atoms with Crippen molar-refractivity contribution in [3.05, 3.63) is 33.3 Å². The van der Waals surface area contributed by atoms with Gasteiger partial charge >= 0.3 is 130 Å². The van der Waals surface area contributed by atoms with Gasteiger partial charge in [0.1, 0.15) is 0 Å². The van der Waals surface area contributed by atoms with Crippen molar-refractivity contribution in [2.24, 2.45) is 0 Å². The Morgan fingerprint density at radius 2 is 0.950 bits per heavy atom. The van der Waals surface area contributed by atoms with Gasteiger partial charge < -0.3 is 0 Å². The monoisotopic (exact) mass is 450 g/mol. The Morgan fingerprint density at radius 3 is 1.05 bits per heavy atom. The number of rotatable bonds is 2. The van der Waals surface area contributed by atoms with Crippen molar-refractivity contribution in [2.75, 3.05) is 26.2 Å². The van der Waals surface area contributed by atoms with Crippen LogP contribution >= 0.6 is 0 Å². The zero-order valence-electron chi connectivity index (χ0n) is 11.2. The van der Waals surface area contributed by atoms with E-state index in [2.05, 4.69) is 56.9 Å². The summed E-state index contributed by atoms with van der Waals surface area (Å²) in [7, 11) is 0. The Bertz CT molecular complexity index is 260. The van der Waals surface area contributed by atoms with Crippen LogP contribution in [0, 0.1) is 33.3 Å². The van der Waals surface area contributed by atoms with Crippen molar-refractivity contribution < 1.29 is 42.6 Å². The fourth-order valence-corrected chi connectivity index (χ4v) is 2.80. The van der Waals surface area contributed by atoms with Crippen LogP contribution in [-0.2, 0) is 42.6 Å². The third-order valence-electron chi connectivity index (χ3n) is 1.94. The summed E-state index contributed by atoms with van der Waals surface area (Å²) in [5.41, 5.74) is 0. The van der Waals surface area contributed by atoms with Gasteiger partial charge in [-0.25, -0.2) is 0 Å². The summed E-state index contributed by atoms with van der Waals surface area (Å²) < 4.78 is 39.0. The molecule has 0 amide bonds. The zero-order valence-corrected chi connectivity index (χ0v) is 14.1. The van der Waals surface area contributed by atoms with Gasteiger partial charge in [-0.2, -0.15) is 0 Å². The third-order valence-corrected chi connectivity index (χ3v) is 3.80.